The van der Waals surface area contributed by atoms with Crippen molar-refractivity contribution in [1.82, 2.24) is 19.3 Å². The molecule has 0 bridgehead atoms. The van der Waals surface area contributed by atoms with Crippen molar-refractivity contribution in [2.24, 2.45) is 7.05 Å². The number of imidazole rings is 1. The molecule has 0 radical (unpaired) electrons. The average molecular weight is 324 g/mol. The third-order valence-electron chi connectivity index (χ3n) is 2.99. The third kappa shape index (κ3) is 1.65. The van der Waals surface area contributed by atoms with Gasteiger partial charge in [-0.25, -0.2) is 14.1 Å². The van der Waals surface area contributed by atoms with Gasteiger partial charge in [-0.05, 0) is 35.0 Å². The summed E-state index contributed by atoms with van der Waals surface area (Å²) >= 11 is 3.35. The lowest BCUT2D eigenvalue weighted by Gasteiger charge is -2.10. The minimum absolute atomic E-state index is 0.233. The van der Waals surface area contributed by atoms with Crippen molar-refractivity contribution in [2.75, 3.05) is 5.73 Å². The van der Waals surface area contributed by atoms with Gasteiger partial charge in [0.05, 0.1) is 5.69 Å². The Kier molecular flexibility index (Phi) is 2.60. The van der Waals surface area contributed by atoms with Crippen LogP contribution in [0.5, 0.6) is 0 Å². The van der Waals surface area contributed by atoms with Gasteiger partial charge in [0.15, 0.2) is 5.65 Å². The highest BCUT2D eigenvalue weighted by atomic mass is 79.9. The van der Waals surface area contributed by atoms with E-state index in [0.29, 0.717) is 21.3 Å². The van der Waals surface area contributed by atoms with Crippen LogP contribution in [-0.2, 0) is 7.05 Å². The molecule has 0 saturated carbocycles. The minimum Gasteiger partial charge on any atom is -0.369 e. The Bertz CT molecular complexity index is 769. The van der Waals surface area contributed by atoms with Crippen molar-refractivity contribution >= 4 is 33.0 Å². The molecule has 0 fully saturated rings. The molecule has 0 spiro atoms. The van der Waals surface area contributed by atoms with Crippen LogP contribution in [0.3, 0.4) is 0 Å². The molecule has 3 rings (SSSR count). The zero-order valence-corrected chi connectivity index (χ0v) is 11.9. The first-order chi connectivity index (χ1) is 9.00. The maximum absolute atomic E-state index is 14.1. The van der Waals surface area contributed by atoms with E-state index in [-0.39, 0.29) is 11.8 Å². The van der Waals surface area contributed by atoms with Crippen molar-refractivity contribution in [1.29, 1.82) is 0 Å². The normalized spacial score (nSPS) is 11.4. The van der Waals surface area contributed by atoms with Gasteiger partial charge in [0.1, 0.15) is 17.0 Å². The Morgan fingerprint density at radius 1 is 1.37 bits per heavy atom. The van der Waals surface area contributed by atoms with Gasteiger partial charge in [-0.1, -0.05) is 6.07 Å². The van der Waals surface area contributed by atoms with Crippen LogP contribution in [-0.4, -0.2) is 19.3 Å². The second-order valence-electron chi connectivity index (χ2n) is 4.26. The van der Waals surface area contributed by atoms with Gasteiger partial charge in [0.25, 0.3) is 0 Å². The second kappa shape index (κ2) is 4.06. The van der Waals surface area contributed by atoms with Gasteiger partial charge in [0.2, 0.25) is 5.95 Å². The van der Waals surface area contributed by atoms with Crippen LogP contribution >= 0.6 is 15.9 Å². The summed E-state index contributed by atoms with van der Waals surface area (Å²) in [6.45, 7) is 1.84. The molecule has 98 valence electrons. The smallest absolute Gasteiger partial charge is 0.207 e. The predicted octanol–water partition coefficient (Wildman–Crippen LogP) is 2.55. The molecule has 1 aromatic carbocycles. The van der Waals surface area contributed by atoms with Crippen molar-refractivity contribution in [3.05, 3.63) is 34.2 Å². The summed E-state index contributed by atoms with van der Waals surface area (Å²) in [5.41, 5.74) is 8.37. The monoisotopic (exact) mass is 323 g/mol. The highest BCUT2D eigenvalue weighted by Crippen LogP contribution is 2.30. The number of nitrogens with two attached hydrogens (primary N) is 1. The fourth-order valence-corrected chi connectivity index (χ4v) is 2.73. The summed E-state index contributed by atoms with van der Waals surface area (Å²) in [7, 11) is 1.78. The van der Waals surface area contributed by atoms with E-state index in [4.69, 9.17) is 5.73 Å². The highest BCUT2D eigenvalue weighted by Gasteiger charge is 2.20. The van der Waals surface area contributed by atoms with E-state index < -0.39 is 0 Å². The number of hydrogen-bond acceptors (Lipinski definition) is 3. The van der Waals surface area contributed by atoms with E-state index in [9.17, 15) is 4.39 Å². The Hall–Kier alpha value is -1.89. The molecule has 5 nitrogen and oxygen atoms in total. The number of hydrogen-bond donors (Lipinski definition) is 1. The lowest BCUT2D eigenvalue weighted by atomic mass is 10.3. The standard InChI is InChI=1S/C12H11BrFN5/c1-6-9-11(18(2)17-6)19(12(15)16-9)10-7(13)4-3-5-8(10)14/h3-5H,1-2H3,(H2,15,16). The zero-order chi connectivity index (χ0) is 13.7. The number of aromatic nitrogens is 4. The predicted molar refractivity (Wildman–Crippen MR) is 74.6 cm³/mol. The van der Waals surface area contributed by atoms with Crippen LogP contribution in [0.15, 0.2) is 22.7 Å². The van der Waals surface area contributed by atoms with Crippen LogP contribution in [0.4, 0.5) is 10.3 Å². The molecular weight excluding hydrogens is 313 g/mol. The number of aryl methyl sites for hydroxylation is 2. The molecule has 2 heterocycles. The molecular formula is C12H11BrFN5. The summed E-state index contributed by atoms with van der Waals surface area (Å²) in [4.78, 5) is 4.26. The van der Waals surface area contributed by atoms with Gasteiger partial charge in [-0.2, -0.15) is 5.10 Å². The molecule has 3 aromatic rings. The summed E-state index contributed by atoms with van der Waals surface area (Å²) in [5.74, 6) is -0.142. The van der Waals surface area contributed by atoms with E-state index >= 15 is 0 Å². The fourth-order valence-electron chi connectivity index (χ4n) is 2.21. The highest BCUT2D eigenvalue weighted by molar-refractivity contribution is 9.10. The molecule has 2 N–H and O–H groups in total. The fraction of sp³-hybridized carbons (Fsp3) is 0.167. The van der Waals surface area contributed by atoms with Gasteiger partial charge in [-0.3, -0.25) is 4.57 Å². The molecule has 0 atom stereocenters. The summed E-state index contributed by atoms with van der Waals surface area (Å²) in [6.07, 6.45) is 0. The Labute approximate surface area is 117 Å². The quantitative estimate of drug-likeness (QED) is 0.748. The molecule has 0 aliphatic rings. The Morgan fingerprint density at radius 2 is 2.11 bits per heavy atom. The zero-order valence-electron chi connectivity index (χ0n) is 10.4. The van der Waals surface area contributed by atoms with Crippen LogP contribution in [0.1, 0.15) is 5.69 Å². The molecule has 2 aromatic heterocycles. The maximum atomic E-state index is 14.1. The van der Waals surface area contributed by atoms with E-state index in [1.807, 2.05) is 6.92 Å². The molecule has 7 heteroatoms. The number of nitrogen functional groups attached to an aromatic ring is 1. The van der Waals surface area contributed by atoms with E-state index in [1.165, 1.54) is 6.07 Å². The number of benzene rings is 1. The first-order valence-electron chi connectivity index (χ1n) is 5.62. The van der Waals surface area contributed by atoms with Gasteiger partial charge < -0.3 is 5.73 Å². The minimum atomic E-state index is -0.376. The van der Waals surface area contributed by atoms with Gasteiger partial charge in [0, 0.05) is 11.5 Å². The topological polar surface area (TPSA) is 61.7 Å². The van der Waals surface area contributed by atoms with Crippen LogP contribution in [0.25, 0.3) is 16.9 Å². The molecule has 0 unspecified atom stereocenters. The van der Waals surface area contributed by atoms with Gasteiger partial charge >= 0.3 is 0 Å². The largest absolute Gasteiger partial charge is 0.369 e. The summed E-state index contributed by atoms with van der Waals surface area (Å²) < 4.78 is 17.9. The molecule has 19 heavy (non-hydrogen) atoms. The summed E-state index contributed by atoms with van der Waals surface area (Å²) in [6, 6.07) is 4.77. The maximum Gasteiger partial charge on any atom is 0.207 e. The van der Waals surface area contributed by atoms with Crippen LogP contribution in [0, 0.1) is 12.7 Å². The first kappa shape index (κ1) is 12.2. The summed E-state index contributed by atoms with van der Waals surface area (Å²) in [5, 5.41) is 4.28. The number of fused-ring (bicyclic) bond motifs is 1. The number of anilines is 1. The van der Waals surface area contributed by atoms with Crippen LogP contribution in [0.2, 0.25) is 0 Å². The van der Waals surface area contributed by atoms with Crippen molar-refractivity contribution in [2.45, 2.75) is 6.92 Å². The third-order valence-corrected chi connectivity index (χ3v) is 3.63. The second-order valence-corrected chi connectivity index (χ2v) is 5.11. The van der Waals surface area contributed by atoms with E-state index in [2.05, 4.69) is 26.0 Å². The van der Waals surface area contributed by atoms with Crippen molar-refractivity contribution < 1.29 is 4.39 Å². The van der Waals surface area contributed by atoms with E-state index in [1.54, 1.807) is 28.4 Å². The molecule has 0 aliphatic heterocycles. The molecule has 0 amide bonds. The number of halogens is 2. The lowest BCUT2D eigenvalue weighted by molar-refractivity contribution is 0.617. The van der Waals surface area contributed by atoms with Crippen LogP contribution < -0.4 is 5.73 Å². The number of para-hydroxylation sites is 1. The first-order valence-corrected chi connectivity index (χ1v) is 6.42. The molecule has 0 saturated heterocycles. The van der Waals surface area contributed by atoms with E-state index in [0.717, 1.165) is 5.69 Å². The molecule has 0 aliphatic carbocycles. The SMILES string of the molecule is Cc1nn(C)c2c1nc(N)n2-c1c(F)cccc1Br. The Balaban J connectivity index is 2.46. The number of rotatable bonds is 1. The number of nitrogens with zero attached hydrogens (tertiary/aromatic N) is 4. The van der Waals surface area contributed by atoms with Crippen molar-refractivity contribution in [3.63, 3.8) is 0 Å². The Morgan fingerprint density at radius 3 is 2.79 bits per heavy atom. The average Bonchev–Trinajstić information content (AvgIpc) is 2.79. The van der Waals surface area contributed by atoms with Crippen molar-refractivity contribution in [3.8, 4) is 5.69 Å². The van der Waals surface area contributed by atoms with Gasteiger partial charge in [-0.15, -0.1) is 0 Å². The lowest BCUT2D eigenvalue weighted by Crippen LogP contribution is -2.07.